The molecule has 0 atom stereocenters. The predicted molar refractivity (Wildman–Crippen MR) is 86.9 cm³/mol. The van der Waals surface area contributed by atoms with Gasteiger partial charge in [-0.15, -0.1) is 0 Å². The van der Waals surface area contributed by atoms with Crippen molar-refractivity contribution in [1.82, 2.24) is 0 Å². The molecule has 2 aromatic carbocycles. The molecule has 2 rings (SSSR count). The van der Waals surface area contributed by atoms with Gasteiger partial charge in [-0.3, -0.25) is 4.79 Å². The first-order valence-corrected chi connectivity index (χ1v) is 7.40. The standard InChI is InChI=1S/C18H15BrO2/c1-21-18(20)13-11-15-8-6-14(7-9-15)10-12-16-4-2-3-5-17(16)19/h2-9H,11,13H2,1H3. The first-order valence-electron chi connectivity index (χ1n) is 6.61. The van der Waals surface area contributed by atoms with Crippen LogP contribution in [-0.2, 0) is 16.0 Å². The van der Waals surface area contributed by atoms with Crippen LogP contribution in [0.3, 0.4) is 0 Å². The van der Waals surface area contributed by atoms with Crippen molar-refractivity contribution in [3.05, 3.63) is 69.7 Å². The Morgan fingerprint density at radius 3 is 2.48 bits per heavy atom. The number of methoxy groups -OCH3 is 1. The maximum Gasteiger partial charge on any atom is 0.305 e. The lowest BCUT2D eigenvalue weighted by atomic mass is 10.1. The summed E-state index contributed by atoms with van der Waals surface area (Å²) in [6, 6.07) is 15.8. The van der Waals surface area contributed by atoms with E-state index in [1.54, 1.807) is 0 Å². The zero-order chi connectivity index (χ0) is 15.1. The van der Waals surface area contributed by atoms with Crippen molar-refractivity contribution < 1.29 is 9.53 Å². The summed E-state index contributed by atoms with van der Waals surface area (Å²) in [6.07, 6.45) is 1.09. The van der Waals surface area contributed by atoms with E-state index >= 15 is 0 Å². The van der Waals surface area contributed by atoms with Crippen LogP contribution in [0.1, 0.15) is 23.1 Å². The molecule has 0 aliphatic carbocycles. The van der Waals surface area contributed by atoms with Crippen molar-refractivity contribution in [3.63, 3.8) is 0 Å². The number of rotatable bonds is 3. The Kier molecular flexibility index (Phi) is 5.59. The Bertz CT molecular complexity index is 678. The fourth-order valence-electron chi connectivity index (χ4n) is 1.81. The summed E-state index contributed by atoms with van der Waals surface area (Å²) in [7, 11) is 1.41. The van der Waals surface area contributed by atoms with Crippen LogP contribution in [0, 0.1) is 11.8 Å². The SMILES string of the molecule is COC(=O)CCc1ccc(C#Cc2ccccc2Br)cc1. The molecule has 0 aromatic heterocycles. The van der Waals surface area contributed by atoms with Crippen LogP contribution in [0.4, 0.5) is 0 Å². The van der Waals surface area contributed by atoms with Gasteiger partial charge in [0.25, 0.3) is 0 Å². The van der Waals surface area contributed by atoms with Crippen LogP contribution >= 0.6 is 15.9 Å². The third-order valence-electron chi connectivity index (χ3n) is 3.01. The van der Waals surface area contributed by atoms with E-state index in [-0.39, 0.29) is 5.97 Å². The molecule has 0 spiro atoms. The van der Waals surface area contributed by atoms with Gasteiger partial charge in [0.05, 0.1) is 7.11 Å². The zero-order valence-corrected chi connectivity index (χ0v) is 13.3. The van der Waals surface area contributed by atoms with Gasteiger partial charge in [0.15, 0.2) is 0 Å². The van der Waals surface area contributed by atoms with Gasteiger partial charge < -0.3 is 4.74 Å². The van der Waals surface area contributed by atoms with E-state index in [9.17, 15) is 4.79 Å². The first kappa shape index (κ1) is 15.3. The predicted octanol–water partition coefficient (Wildman–Crippen LogP) is 3.95. The van der Waals surface area contributed by atoms with Gasteiger partial charge in [0.2, 0.25) is 0 Å². The van der Waals surface area contributed by atoms with Crippen molar-refractivity contribution in [2.45, 2.75) is 12.8 Å². The van der Waals surface area contributed by atoms with Crippen LogP contribution in [0.5, 0.6) is 0 Å². The Balaban J connectivity index is 2.03. The fourth-order valence-corrected chi connectivity index (χ4v) is 2.19. The molecule has 3 heteroatoms. The number of hydrogen-bond donors (Lipinski definition) is 0. The molecule has 0 saturated carbocycles. The van der Waals surface area contributed by atoms with Gasteiger partial charge in [-0.05, 0) is 52.2 Å². The average molecular weight is 343 g/mol. The zero-order valence-electron chi connectivity index (χ0n) is 11.7. The number of hydrogen-bond acceptors (Lipinski definition) is 2. The van der Waals surface area contributed by atoms with Gasteiger partial charge >= 0.3 is 5.97 Å². The lowest BCUT2D eigenvalue weighted by Crippen LogP contribution is -2.01. The number of aryl methyl sites for hydroxylation is 1. The van der Waals surface area contributed by atoms with E-state index in [0.29, 0.717) is 12.8 Å². The Labute approximate surface area is 133 Å². The second-order valence-electron chi connectivity index (χ2n) is 4.50. The van der Waals surface area contributed by atoms with E-state index < -0.39 is 0 Å². The van der Waals surface area contributed by atoms with Gasteiger partial charge in [0, 0.05) is 22.0 Å². The minimum absolute atomic E-state index is 0.187. The molecule has 0 unspecified atom stereocenters. The number of carbonyl (C=O) groups excluding carboxylic acids is 1. The van der Waals surface area contributed by atoms with Crippen molar-refractivity contribution in [2.75, 3.05) is 7.11 Å². The topological polar surface area (TPSA) is 26.3 Å². The van der Waals surface area contributed by atoms with E-state index in [1.807, 2.05) is 48.5 Å². The van der Waals surface area contributed by atoms with Crippen LogP contribution in [0.15, 0.2) is 53.0 Å². The Morgan fingerprint density at radius 2 is 1.81 bits per heavy atom. The number of ether oxygens (including phenoxy) is 1. The minimum Gasteiger partial charge on any atom is -0.469 e. The van der Waals surface area contributed by atoms with Gasteiger partial charge in [-0.25, -0.2) is 0 Å². The highest BCUT2D eigenvalue weighted by molar-refractivity contribution is 9.10. The molecular formula is C18H15BrO2. The summed E-state index contributed by atoms with van der Waals surface area (Å²) in [4.78, 5) is 11.1. The van der Waals surface area contributed by atoms with Gasteiger partial charge in [-0.2, -0.15) is 0 Å². The summed E-state index contributed by atoms with van der Waals surface area (Å²) in [5.74, 6) is 6.08. The third-order valence-corrected chi connectivity index (χ3v) is 3.71. The van der Waals surface area contributed by atoms with Crippen molar-refractivity contribution in [1.29, 1.82) is 0 Å². The smallest absolute Gasteiger partial charge is 0.305 e. The molecule has 0 amide bonds. The van der Waals surface area contributed by atoms with Crippen LogP contribution in [-0.4, -0.2) is 13.1 Å². The molecule has 0 fully saturated rings. The average Bonchev–Trinajstić information content (AvgIpc) is 2.53. The number of halogens is 1. The van der Waals surface area contributed by atoms with Gasteiger partial charge in [-0.1, -0.05) is 36.1 Å². The van der Waals surface area contributed by atoms with E-state index in [1.165, 1.54) is 7.11 Å². The lowest BCUT2D eigenvalue weighted by Gasteiger charge is -2.00. The van der Waals surface area contributed by atoms with Crippen molar-refractivity contribution >= 4 is 21.9 Å². The molecule has 0 aliphatic heterocycles. The molecule has 2 nitrogen and oxygen atoms in total. The van der Waals surface area contributed by atoms with Gasteiger partial charge in [0.1, 0.15) is 0 Å². The summed E-state index contributed by atoms with van der Waals surface area (Å²) >= 11 is 3.48. The summed E-state index contributed by atoms with van der Waals surface area (Å²) in [5.41, 5.74) is 3.02. The minimum atomic E-state index is -0.187. The van der Waals surface area contributed by atoms with Crippen LogP contribution in [0.2, 0.25) is 0 Å². The van der Waals surface area contributed by atoms with Crippen molar-refractivity contribution in [3.8, 4) is 11.8 Å². The molecule has 0 aliphatic rings. The Morgan fingerprint density at radius 1 is 1.10 bits per heavy atom. The highest BCUT2D eigenvalue weighted by Gasteiger charge is 2.01. The van der Waals surface area contributed by atoms with E-state index in [4.69, 9.17) is 0 Å². The third kappa shape index (κ3) is 4.77. The van der Waals surface area contributed by atoms with E-state index in [2.05, 4.69) is 32.5 Å². The summed E-state index contributed by atoms with van der Waals surface area (Å²) in [5, 5.41) is 0. The summed E-state index contributed by atoms with van der Waals surface area (Å²) in [6.45, 7) is 0. The highest BCUT2D eigenvalue weighted by atomic mass is 79.9. The molecule has 106 valence electrons. The Hall–Kier alpha value is -2.05. The molecule has 0 N–H and O–H groups in total. The van der Waals surface area contributed by atoms with Crippen molar-refractivity contribution in [2.24, 2.45) is 0 Å². The number of esters is 1. The molecule has 21 heavy (non-hydrogen) atoms. The number of benzene rings is 2. The quantitative estimate of drug-likeness (QED) is 0.623. The molecule has 0 radical (unpaired) electrons. The maximum absolute atomic E-state index is 11.1. The lowest BCUT2D eigenvalue weighted by molar-refractivity contribution is -0.140. The fraction of sp³-hybridized carbons (Fsp3) is 0.167. The molecule has 0 saturated heterocycles. The van der Waals surface area contributed by atoms with E-state index in [0.717, 1.165) is 21.2 Å². The molecular weight excluding hydrogens is 328 g/mol. The van der Waals surface area contributed by atoms with Crippen LogP contribution < -0.4 is 0 Å². The highest BCUT2D eigenvalue weighted by Crippen LogP contribution is 2.14. The largest absolute Gasteiger partial charge is 0.469 e. The normalized spacial score (nSPS) is 9.62. The van der Waals surface area contributed by atoms with Crippen LogP contribution in [0.25, 0.3) is 0 Å². The maximum atomic E-state index is 11.1. The molecule has 0 heterocycles. The monoisotopic (exact) mass is 342 g/mol. The second-order valence-corrected chi connectivity index (χ2v) is 5.36. The second kappa shape index (κ2) is 7.66. The first-order chi connectivity index (χ1) is 10.2. The molecule has 2 aromatic rings. The molecule has 0 bridgehead atoms. The summed E-state index contributed by atoms with van der Waals surface area (Å²) < 4.78 is 5.62. The number of carbonyl (C=O) groups is 1.